The van der Waals surface area contributed by atoms with Crippen LogP contribution in [0.4, 0.5) is 0 Å². The molecule has 0 saturated carbocycles. The molecule has 1 N–H and O–H groups in total. The van der Waals surface area contributed by atoms with Crippen LogP contribution in [0.1, 0.15) is 57.2 Å². The zero-order chi connectivity index (χ0) is 13.2. The summed E-state index contributed by atoms with van der Waals surface area (Å²) in [5.41, 5.74) is 0. The molecule has 0 saturated heterocycles. The lowest BCUT2D eigenvalue weighted by Gasteiger charge is -2.18. The van der Waals surface area contributed by atoms with Crippen molar-refractivity contribution in [2.75, 3.05) is 6.54 Å². The van der Waals surface area contributed by atoms with E-state index in [1.165, 1.54) is 54.3 Å². The van der Waals surface area contributed by atoms with Gasteiger partial charge >= 0.3 is 0 Å². The average molecular weight is 332 g/mol. The van der Waals surface area contributed by atoms with E-state index in [4.69, 9.17) is 0 Å². The number of thiophene rings is 1. The zero-order valence-corrected chi connectivity index (χ0v) is 14.1. The van der Waals surface area contributed by atoms with Crippen LogP contribution in [0.5, 0.6) is 0 Å². The van der Waals surface area contributed by atoms with Gasteiger partial charge in [-0.25, -0.2) is 0 Å². The second-order valence-electron chi connectivity index (χ2n) is 4.90. The standard InChI is InChI=1S/C15H26BrNS/c1-3-5-6-7-8-13(17-10-4-2)12-15-14(16)9-11-18-15/h9,11,13,17H,3-8,10,12H2,1-2H3. The Kier molecular flexibility index (Phi) is 8.99. The van der Waals surface area contributed by atoms with Crippen LogP contribution in [-0.2, 0) is 6.42 Å². The fourth-order valence-electron chi connectivity index (χ4n) is 2.14. The largest absolute Gasteiger partial charge is 0.314 e. The highest BCUT2D eigenvalue weighted by Crippen LogP contribution is 2.25. The first-order chi connectivity index (χ1) is 8.77. The molecule has 104 valence electrons. The van der Waals surface area contributed by atoms with Crippen LogP contribution in [0, 0.1) is 0 Å². The minimum Gasteiger partial charge on any atom is -0.314 e. The Labute approximate surface area is 125 Å². The van der Waals surface area contributed by atoms with Crippen LogP contribution < -0.4 is 5.32 Å². The van der Waals surface area contributed by atoms with Gasteiger partial charge in [0.15, 0.2) is 0 Å². The van der Waals surface area contributed by atoms with Crippen LogP contribution >= 0.6 is 27.3 Å². The minimum absolute atomic E-state index is 0.650. The molecule has 18 heavy (non-hydrogen) atoms. The van der Waals surface area contributed by atoms with E-state index in [-0.39, 0.29) is 0 Å². The van der Waals surface area contributed by atoms with Gasteiger partial charge < -0.3 is 5.32 Å². The minimum atomic E-state index is 0.650. The van der Waals surface area contributed by atoms with Crippen molar-refractivity contribution < 1.29 is 0 Å². The van der Waals surface area contributed by atoms with Crippen LogP contribution in [0.2, 0.25) is 0 Å². The summed E-state index contributed by atoms with van der Waals surface area (Å²) in [6, 6.07) is 2.81. The number of rotatable bonds is 10. The molecule has 1 heterocycles. The Morgan fingerprint density at radius 2 is 2.06 bits per heavy atom. The first-order valence-electron chi connectivity index (χ1n) is 7.23. The fraction of sp³-hybridized carbons (Fsp3) is 0.733. The third-order valence-electron chi connectivity index (χ3n) is 3.21. The molecule has 0 aromatic carbocycles. The number of halogens is 1. The zero-order valence-electron chi connectivity index (χ0n) is 11.7. The van der Waals surface area contributed by atoms with Gasteiger partial charge in [0.1, 0.15) is 0 Å². The van der Waals surface area contributed by atoms with Gasteiger partial charge in [-0.2, -0.15) is 0 Å². The average Bonchev–Trinajstić information content (AvgIpc) is 2.77. The quantitative estimate of drug-likeness (QED) is 0.566. The van der Waals surface area contributed by atoms with E-state index in [1.54, 1.807) is 0 Å². The van der Waals surface area contributed by atoms with Gasteiger partial charge in [0.2, 0.25) is 0 Å². The van der Waals surface area contributed by atoms with E-state index in [0.717, 1.165) is 6.54 Å². The van der Waals surface area contributed by atoms with E-state index >= 15 is 0 Å². The molecule has 0 aliphatic carbocycles. The molecule has 0 aliphatic heterocycles. The number of hydrogen-bond acceptors (Lipinski definition) is 2. The van der Waals surface area contributed by atoms with Crippen LogP contribution in [0.3, 0.4) is 0 Å². The summed E-state index contributed by atoms with van der Waals surface area (Å²) >= 11 is 5.51. The summed E-state index contributed by atoms with van der Waals surface area (Å²) in [6.07, 6.45) is 9.14. The van der Waals surface area contributed by atoms with Crippen molar-refractivity contribution >= 4 is 27.3 Å². The summed E-state index contributed by atoms with van der Waals surface area (Å²) < 4.78 is 1.28. The topological polar surface area (TPSA) is 12.0 Å². The molecule has 3 heteroatoms. The molecule has 1 aromatic heterocycles. The number of hydrogen-bond donors (Lipinski definition) is 1. The van der Waals surface area contributed by atoms with Crippen LogP contribution in [0.25, 0.3) is 0 Å². The van der Waals surface area contributed by atoms with Gasteiger partial charge in [-0.1, -0.05) is 39.5 Å². The third-order valence-corrected chi connectivity index (χ3v) is 5.16. The van der Waals surface area contributed by atoms with Gasteiger partial charge in [-0.15, -0.1) is 11.3 Å². The van der Waals surface area contributed by atoms with E-state index < -0.39 is 0 Å². The smallest absolute Gasteiger partial charge is 0.0314 e. The molecule has 1 rings (SSSR count). The lowest BCUT2D eigenvalue weighted by Crippen LogP contribution is -2.31. The third kappa shape index (κ3) is 6.35. The molecule has 1 aromatic rings. The maximum absolute atomic E-state index is 3.70. The Balaban J connectivity index is 2.37. The van der Waals surface area contributed by atoms with E-state index in [9.17, 15) is 0 Å². The highest BCUT2D eigenvalue weighted by molar-refractivity contribution is 9.10. The van der Waals surface area contributed by atoms with Crippen molar-refractivity contribution in [2.45, 2.75) is 64.8 Å². The Morgan fingerprint density at radius 3 is 2.67 bits per heavy atom. The summed E-state index contributed by atoms with van der Waals surface area (Å²) in [5.74, 6) is 0. The Hall–Kier alpha value is 0.140. The van der Waals surface area contributed by atoms with E-state index in [1.807, 2.05) is 11.3 Å². The maximum Gasteiger partial charge on any atom is 0.0314 e. The Morgan fingerprint density at radius 1 is 1.22 bits per heavy atom. The molecule has 1 unspecified atom stereocenters. The molecule has 0 fully saturated rings. The molecule has 0 spiro atoms. The number of nitrogens with one attached hydrogen (secondary N) is 1. The molecule has 0 bridgehead atoms. The van der Waals surface area contributed by atoms with Crippen LogP contribution in [-0.4, -0.2) is 12.6 Å². The Bertz CT molecular complexity index is 311. The molecular weight excluding hydrogens is 306 g/mol. The predicted octanol–water partition coefficient (Wildman–Crippen LogP) is 5.39. The van der Waals surface area contributed by atoms with E-state index in [0.29, 0.717) is 6.04 Å². The van der Waals surface area contributed by atoms with Crippen molar-refractivity contribution in [1.82, 2.24) is 5.32 Å². The molecule has 0 aliphatic rings. The number of unbranched alkanes of at least 4 members (excludes halogenated alkanes) is 3. The predicted molar refractivity (Wildman–Crippen MR) is 86.6 cm³/mol. The summed E-state index contributed by atoms with van der Waals surface area (Å²) in [6.45, 7) is 5.65. The molecule has 1 atom stereocenters. The summed E-state index contributed by atoms with van der Waals surface area (Å²) in [7, 11) is 0. The van der Waals surface area contributed by atoms with Crippen molar-refractivity contribution in [3.05, 3.63) is 20.8 Å². The SMILES string of the molecule is CCCCCCC(Cc1sccc1Br)NCCC. The first-order valence-corrected chi connectivity index (χ1v) is 8.90. The molecule has 0 radical (unpaired) electrons. The van der Waals surface area contributed by atoms with Gasteiger partial charge in [0.05, 0.1) is 0 Å². The lowest BCUT2D eigenvalue weighted by atomic mass is 10.0. The highest BCUT2D eigenvalue weighted by Gasteiger charge is 2.11. The second kappa shape index (κ2) is 9.99. The normalized spacial score (nSPS) is 12.8. The van der Waals surface area contributed by atoms with Crippen molar-refractivity contribution in [2.24, 2.45) is 0 Å². The highest BCUT2D eigenvalue weighted by atomic mass is 79.9. The summed E-state index contributed by atoms with van der Waals surface area (Å²) in [5, 5.41) is 5.87. The molecule has 1 nitrogen and oxygen atoms in total. The van der Waals surface area contributed by atoms with Crippen molar-refractivity contribution in [3.8, 4) is 0 Å². The van der Waals surface area contributed by atoms with E-state index in [2.05, 4.69) is 46.5 Å². The van der Waals surface area contributed by atoms with Crippen LogP contribution in [0.15, 0.2) is 15.9 Å². The summed E-state index contributed by atoms with van der Waals surface area (Å²) in [4.78, 5) is 1.49. The van der Waals surface area contributed by atoms with Gasteiger partial charge in [-0.05, 0) is 53.2 Å². The fourth-order valence-corrected chi connectivity index (χ4v) is 3.73. The maximum atomic E-state index is 3.70. The van der Waals surface area contributed by atoms with Gasteiger partial charge in [0.25, 0.3) is 0 Å². The molecule has 0 amide bonds. The van der Waals surface area contributed by atoms with Gasteiger partial charge in [-0.3, -0.25) is 0 Å². The molecular formula is C15H26BrNS. The first kappa shape index (κ1) is 16.2. The lowest BCUT2D eigenvalue weighted by molar-refractivity contribution is 0.455. The van der Waals surface area contributed by atoms with Crippen molar-refractivity contribution in [3.63, 3.8) is 0 Å². The van der Waals surface area contributed by atoms with Crippen molar-refractivity contribution in [1.29, 1.82) is 0 Å². The monoisotopic (exact) mass is 331 g/mol. The van der Waals surface area contributed by atoms with Gasteiger partial charge in [0, 0.05) is 15.4 Å². The second-order valence-corrected chi connectivity index (χ2v) is 6.75.